The van der Waals surface area contributed by atoms with E-state index in [0.29, 0.717) is 19.6 Å². The topological polar surface area (TPSA) is 47.6 Å². The lowest BCUT2D eigenvalue weighted by Crippen LogP contribution is -2.20. The van der Waals surface area contributed by atoms with Crippen molar-refractivity contribution in [1.82, 2.24) is 5.09 Å². The molecule has 0 saturated carbocycles. The Bertz CT molecular complexity index is 384. The van der Waals surface area contributed by atoms with E-state index >= 15 is 0 Å². The summed E-state index contributed by atoms with van der Waals surface area (Å²) in [6, 6.07) is 3.87. The van der Waals surface area contributed by atoms with Crippen LogP contribution in [0.15, 0.2) is 30.2 Å². The molecule has 1 atom stereocenters. The third kappa shape index (κ3) is 4.67. The van der Waals surface area contributed by atoms with Gasteiger partial charge in [0.25, 0.3) is 0 Å². The summed E-state index contributed by atoms with van der Waals surface area (Å²) in [5.41, 5.74) is 0. The van der Waals surface area contributed by atoms with Gasteiger partial charge >= 0.3 is 7.75 Å². The fraction of sp³-hybridized carbons (Fsp3) is 0.500. The summed E-state index contributed by atoms with van der Waals surface area (Å²) >= 11 is 1.61. The molecular weight excluding hydrogens is 269 g/mol. The van der Waals surface area contributed by atoms with Crippen LogP contribution in [0, 0.1) is 0 Å². The Balaban J connectivity index is 2.80. The van der Waals surface area contributed by atoms with Gasteiger partial charge in [-0.15, -0.1) is 17.9 Å². The molecule has 1 N–H and O–H groups in total. The average molecular weight is 289 g/mol. The number of hydrogen-bond acceptors (Lipinski definition) is 4. The zero-order valence-electron chi connectivity index (χ0n) is 10.8. The first-order valence-corrected chi connectivity index (χ1v) is 8.38. The van der Waals surface area contributed by atoms with Crippen molar-refractivity contribution in [2.75, 3.05) is 13.2 Å². The van der Waals surface area contributed by atoms with Gasteiger partial charge in [-0.25, -0.2) is 9.65 Å². The summed E-state index contributed by atoms with van der Waals surface area (Å²) in [6.45, 7) is 8.00. The van der Waals surface area contributed by atoms with Gasteiger partial charge in [0.15, 0.2) is 0 Å². The van der Waals surface area contributed by atoms with E-state index in [1.165, 1.54) is 0 Å². The van der Waals surface area contributed by atoms with Crippen LogP contribution in [-0.4, -0.2) is 13.2 Å². The predicted molar refractivity (Wildman–Crippen MR) is 75.9 cm³/mol. The largest absolute Gasteiger partial charge is 0.406 e. The van der Waals surface area contributed by atoms with Crippen molar-refractivity contribution in [3.05, 3.63) is 35.0 Å². The molecule has 18 heavy (non-hydrogen) atoms. The minimum absolute atomic E-state index is 0.0913. The minimum atomic E-state index is -3.24. The molecule has 1 rings (SSSR count). The van der Waals surface area contributed by atoms with E-state index in [0.717, 1.165) is 4.88 Å². The molecule has 6 heteroatoms. The zero-order chi connectivity index (χ0) is 13.4. The maximum atomic E-state index is 12.4. The molecule has 0 amide bonds. The molecule has 1 heterocycles. The molecule has 0 bridgehead atoms. The molecule has 0 spiro atoms. The SMILES string of the molecule is C=CCC(NP(=O)(OCC)OCC)c1cccs1. The Labute approximate surface area is 113 Å². The molecule has 0 fully saturated rings. The molecule has 0 aromatic carbocycles. The van der Waals surface area contributed by atoms with Gasteiger partial charge < -0.3 is 0 Å². The lowest BCUT2D eigenvalue weighted by Gasteiger charge is -2.23. The highest BCUT2D eigenvalue weighted by Crippen LogP contribution is 2.46. The average Bonchev–Trinajstić information content (AvgIpc) is 2.82. The number of thiophene rings is 1. The quantitative estimate of drug-likeness (QED) is 0.548. The van der Waals surface area contributed by atoms with Crippen molar-refractivity contribution in [2.45, 2.75) is 26.3 Å². The van der Waals surface area contributed by atoms with E-state index in [-0.39, 0.29) is 6.04 Å². The Morgan fingerprint density at radius 1 is 1.50 bits per heavy atom. The number of hydrogen-bond donors (Lipinski definition) is 1. The fourth-order valence-electron chi connectivity index (χ4n) is 1.53. The van der Waals surface area contributed by atoms with Crippen LogP contribution in [0.1, 0.15) is 31.2 Å². The van der Waals surface area contributed by atoms with E-state index in [4.69, 9.17) is 9.05 Å². The molecule has 0 aliphatic rings. The standard InChI is InChI=1S/C12H20NO3PS/c1-4-8-11(12-9-7-10-18-12)13-17(14,15-5-2)16-6-3/h4,7,9-11H,1,5-6,8H2,2-3H3,(H,13,14). The van der Waals surface area contributed by atoms with Gasteiger partial charge in [-0.05, 0) is 31.7 Å². The van der Waals surface area contributed by atoms with Gasteiger partial charge in [0.1, 0.15) is 0 Å². The van der Waals surface area contributed by atoms with Crippen molar-refractivity contribution in [2.24, 2.45) is 0 Å². The summed E-state index contributed by atoms with van der Waals surface area (Å²) in [5.74, 6) is 0. The predicted octanol–water partition coefficient (Wildman–Crippen LogP) is 4.14. The smallest absolute Gasteiger partial charge is 0.297 e. The first-order chi connectivity index (χ1) is 8.65. The lowest BCUT2D eigenvalue weighted by molar-refractivity contribution is 0.207. The molecule has 1 aromatic rings. The van der Waals surface area contributed by atoms with Crippen LogP contribution in [-0.2, 0) is 13.6 Å². The highest BCUT2D eigenvalue weighted by atomic mass is 32.1. The second-order valence-electron chi connectivity index (χ2n) is 3.55. The summed E-state index contributed by atoms with van der Waals surface area (Å²) < 4.78 is 22.9. The van der Waals surface area contributed by atoms with E-state index in [1.807, 2.05) is 17.5 Å². The van der Waals surface area contributed by atoms with Gasteiger partial charge in [0, 0.05) is 4.88 Å². The monoisotopic (exact) mass is 289 g/mol. The summed E-state index contributed by atoms with van der Waals surface area (Å²) in [7, 11) is -3.24. The first-order valence-electron chi connectivity index (χ1n) is 5.96. The highest BCUT2D eigenvalue weighted by molar-refractivity contribution is 7.51. The van der Waals surface area contributed by atoms with Crippen LogP contribution in [0.5, 0.6) is 0 Å². The molecule has 1 unspecified atom stereocenters. The van der Waals surface area contributed by atoms with Crippen molar-refractivity contribution < 1.29 is 13.6 Å². The van der Waals surface area contributed by atoms with E-state index < -0.39 is 7.75 Å². The summed E-state index contributed by atoms with van der Waals surface area (Å²) in [5, 5.41) is 4.97. The second kappa shape index (κ2) is 7.87. The Hall–Kier alpha value is -0.450. The molecule has 1 aromatic heterocycles. The van der Waals surface area contributed by atoms with Crippen LogP contribution in [0.2, 0.25) is 0 Å². The van der Waals surface area contributed by atoms with E-state index in [2.05, 4.69) is 11.7 Å². The van der Waals surface area contributed by atoms with Crippen LogP contribution in [0.25, 0.3) is 0 Å². The molecule has 0 aliphatic heterocycles. The minimum Gasteiger partial charge on any atom is -0.297 e. The first kappa shape index (κ1) is 15.6. The Morgan fingerprint density at radius 2 is 2.17 bits per heavy atom. The number of nitrogens with one attached hydrogen (secondary N) is 1. The van der Waals surface area contributed by atoms with Crippen molar-refractivity contribution >= 4 is 19.1 Å². The van der Waals surface area contributed by atoms with Crippen LogP contribution in [0.4, 0.5) is 0 Å². The van der Waals surface area contributed by atoms with Crippen LogP contribution < -0.4 is 5.09 Å². The van der Waals surface area contributed by atoms with Crippen LogP contribution in [0.3, 0.4) is 0 Å². The fourth-order valence-corrected chi connectivity index (χ4v) is 3.94. The normalized spacial score (nSPS) is 13.4. The Morgan fingerprint density at radius 3 is 2.61 bits per heavy atom. The van der Waals surface area contributed by atoms with Crippen LogP contribution >= 0.6 is 19.1 Å². The van der Waals surface area contributed by atoms with Gasteiger partial charge in [-0.3, -0.25) is 9.05 Å². The molecular formula is C12H20NO3PS. The molecule has 0 aliphatic carbocycles. The van der Waals surface area contributed by atoms with Crippen molar-refractivity contribution in [3.63, 3.8) is 0 Å². The molecule has 4 nitrogen and oxygen atoms in total. The maximum Gasteiger partial charge on any atom is 0.406 e. The Kier molecular flexibility index (Phi) is 6.82. The molecule has 0 saturated heterocycles. The highest BCUT2D eigenvalue weighted by Gasteiger charge is 2.28. The van der Waals surface area contributed by atoms with Gasteiger partial charge in [0.2, 0.25) is 0 Å². The maximum absolute atomic E-state index is 12.4. The third-order valence-electron chi connectivity index (χ3n) is 2.20. The van der Waals surface area contributed by atoms with E-state index in [9.17, 15) is 4.57 Å². The van der Waals surface area contributed by atoms with Gasteiger partial charge in [-0.2, -0.15) is 0 Å². The van der Waals surface area contributed by atoms with Crippen molar-refractivity contribution in [1.29, 1.82) is 0 Å². The summed E-state index contributed by atoms with van der Waals surface area (Å²) in [4.78, 5) is 1.09. The number of rotatable bonds is 9. The second-order valence-corrected chi connectivity index (χ2v) is 6.30. The molecule has 0 radical (unpaired) electrons. The lowest BCUT2D eigenvalue weighted by atomic mass is 10.2. The van der Waals surface area contributed by atoms with Gasteiger partial charge in [-0.1, -0.05) is 12.1 Å². The van der Waals surface area contributed by atoms with Crippen molar-refractivity contribution in [3.8, 4) is 0 Å². The van der Waals surface area contributed by atoms with Gasteiger partial charge in [0.05, 0.1) is 19.3 Å². The molecule has 102 valence electrons. The zero-order valence-corrected chi connectivity index (χ0v) is 12.5. The third-order valence-corrected chi connectivity index (χ3v) is 5.01. The van der Waals surface area contributed by atoms with E-state index in [1.54, 1.807) is 31.3 Å². The summed E-state index contributed by atoms with van der Waals surface area (Å²) in [6.07, 6.45) is 2.46.